The van der Waals surface area contributed by atoms with Gasteiger partial charge in [-0.05, 0) is 49.2 Å². The van der Waals surface area contributed by atoms with E-state index in [1.807, 2.05) is 0 Å². The van der Waals surface area contributed by atoms with Gasteiger partial charge in [0.25, 0.3) is 0 Å². The molecule has 0 spiro atoms. The van der Waals surface area contributed by atoms with Crippen LogP contribution in [0.3, 0.4) is 0 Å². The third-order valence-electron chi connectivity index (χ3n) is 6.10. The molecule has 0 bridgehead atoms. The van der Waals surface area contributed by atoms with E-state index < -0.39 is 15.8 Å². The van der Waals surface area contributed by atoms with Gasteiger partial charge in [0.1, 0.15) is 5.75 Å². The number of carbonyl (C=O) groups is 2. The largest absolute Gasteiger partial charge is 0.495 e. The Bertz CT molecular complexity index is 1140. The number of anilines is 2. The smallest absolute Gasteiger partial charge is 0.229 e. The zero-order valence-electron chi connectivity index (χ0n) is 17.7. The van der Waals surface area contributed by atoms with E-state index in [2.05, 4.69) is 5.32 Å². The van der Waals surface area contributed by atoms with Crippen molar-refractivity contribution < 1.29 is 22.7 Å². The van der Waals surface area contributed by atoms with Crippen molar-refractivity contribution in [2.24, 2.45) is 5.92 Å². The molecule has 1 heterocycles. The molecule has 1 saturated heterocycles. The van der Waals surface area contributed by atoms with Crippen LogP contribution in [0.5, 0.6) is 5.75 Å². The quantitative estimate of drug-likeness (QED) is 0.678. The van der Waals surface area contributed by atoms with Crippen LogP contribution in [-0.4, -0.2) is 39.1 Å². The first-order chi connectivity index (χ1) is 15.3. The second-order valence-electron chi connectivity index (χ2n) is 8.19. The van der Waals surface area contributed by atoms with Crippen molar-refractivity contribution in [3.63, 3.8) is 0 Å². The number of nitrogens with one attached hydrogen (secondary N) is 1. The summed E-state index contributed by atoms with van der Waals surface area (Å²) in [5.74, 6) is -0.629. The van der Waals surface area contributed by atoms with Gasteiger partial charge in [-0.1, -0.05) is 30.5 Å². The van der Waals surface area contributed by atoms with Gasteiger partial charge in [-0.15, -0.1) is 0 Å². The molecule has 1 unspecified atom stereocenters. The lowest BCUT2D eigenvalue weighted by atomic mass is 10.1. The summed E-state index contributed by atoms with van der Waals surface area (Å²) in [7, 11) is -1.92. The third kappa shape index (κ3) is 4.47. The Morgan fingerprint density at radius 2 is 1.91 bits per heavy atom. The molecule has 2 aromatic rings. The fourth-order valence-electron chi connectivity index (χ4n) is 4.38. The number of benzene rings is 2. The van der Waals surface area contributed by atoms with E-state index in [-0.39, 0.29) is 34.9 Å². The lowest BCUT2D eigenvalue weighted by Crippen LogP contribution is -2.28. The maximum Gasteiger partial charge on any atom is 0.229 e. The van der Waals surface area contributed by atoms with E-state index in [1.54, 1.807) is 36.4 Å². The van der Waals surface area contributed by atoms with Crippen molar-refractivity contribution in [3.05, 3.63) is 47.5 Å². The molecule has 2 fully saturated rings. The topological polar surface area (TPSA) is 92.8 Å². The molecule has 1 saturated carbocycles. The molecule has 1 aliphatic carbocycles. The van der Waals surface area contributed by atoms with Crippen molar-refractivity contribution in [1.29, 1.82) is 0 Å². The molecule has 2 aromatic carbocycles. The lowest BCUT2D eigenvalue weighted by molar-refractivity contribution is -0.122. The summed E-state index contributed by atoms with van der Waals surface area (Å²) in [4.78, 5) is 27.2. The maximum atomic E-state index is 12.9. The van der Waals surface area contributed by atoms with E-state index in [9.17, 15) is 18.0 Å². The minimum absolute atomic E-state index is 0.0432. The Morgan fingerprint density at radius 3 is 2.62 bits per heavy atom. The van der Waals surface area contributed by atoms with Gasteiger partial charge in [0.05, 0.1) is 28.9 Å². The highest BCUT2D eigenvalue weighted by atomic mass is 35.5. The van der Waals surface area contributed by atoms with Crippen molar-refractivity contribution in [2.45, 2.75) is 42.2 Å². The summed E-state index contributed by atoms with van der Waals surface area (Å²) < 4.78 is 31.1. The van der Waals surface area contributed by atoms with Crippen LogP contribution in [0.4, 0.5) is 11.4 Å². The summed E-state index contributed by atoms with van der Waals surface area (Å²) in [6, 6.07) is 11.3. The number of hydrogen-bond acceptors (Lipinski definition) is 5. The molecule has 1 aliphatic heterocycles. The first-order valence-corrected chi connectivity index (χ1v) is 12.5. The van der Waals surface area contributed by atoms with E-state index in [4.69, 9.17) is 16.3 Å². The predicted molar refractivity (Wildman–Crippen MR) is 123 cm³/mol. The van der Waals surface area contributed by atoms with Crippen molar-refractivity contribution >= 4 is 44.6 Å². The summed E-state index contributed by atoms with van der Waals surface area (Å²) >= 11 is 6.08. The summed E-state index contributed by atoms with van der Waals surface area (Å²) in [5.41, 5.74) is 0.922. The van der Waals surface area contributed by atoms with Crippen LogP contribution in [-0.2, 0) is 19.4 Å². The summed E-state index contributed by atoms with van der Waals surface area (Å²) in [5, 5.41) is 2.88. The summed E-state index contributed by atoms with van der Waals surface area (Å²) in [6.45, 7) is 0.182. The molecule has 1 atom stereocenters. The number of rotatable bonds is 6. The van der Waals surface area contributed by atoms with Crippen LogP contribution in [0.25, 0.3) is 0 Å². The molecule has 1 N–H and O–H groups in total. The number of carbonyl (C=O) groups excluding carboxylic acids is 2. The zero-order chi connectivity index (χ0) is 22.9. The van der Waals surface area contributed by atoms with Gasteiger partial charge >= 0.3 is 0 Å². The Balaban J connectivity index is 1.48. The highest BCUT2D eigenvalue weighted by molar-refractivity contribution is 7.92. The highest BCUT2D eigenvalue weighted by Gasteiger charge is 2.37. The Kier molecular flexibility index (Phi) is 6.44. The molecular weight excluding hydrogens is 452 g/mol. The molecule has 7 nitrogen and oxygen atoms in total. The average molecular weight is 477 g/mol. The van der Waals surface area contributed by atoms with Gasteiger partial charge in [0, 0.05) is 23.7 Å². The molecule has 2 amide bonds. The molecule has 9 heteroatoms. The van der Waals surface area contributed by atoms with Crippen LogP contribution in [0.2, 0.25) is 5.02 Å². The number of amides is 2. The van der Waals surface area contributed by atoms with E-state index >= 15 is 0 Å². The first-order valence-electron chi connectivity index (χ1n) is 10.6. The predicted octanol–water partition coefficient (Wildman–Crippen LogP) is 4.06. The molecular formula is C23H25ClN2O5S. The van der Waals surface area contributed by atoms with Crippen LogP contribution >= 0.6 is 11.6 Å². The van der Waals surface area contributed by atoms with Crippen LogP contribution < -0.4 is 15.0 Å². The van der Waals surface area contributed by atoms with Crippen molar-refractivity contribution in [1.82, 2.24) is 0 Å². The molecule has 32 heavy (non-hydrogen) atoms. The highest BCUT2D eigenvalue weighted by Crippen LogP contribution is 2.36. The van der Waals surface area contributed by atoms with Crippen molar-refractivity contribution in [3.8, 4) is 5.75 Å². The summed E-state index contributed by atoms with van der Waals surface area (Å²) in [6.07, 6.45) is 3.23. The number of halogens is 1. The molecule has 4 rings (SSSR count). The van der Waals surface area contributed by atoms with Crippen LogP contribution in [0.15, 0.2) is 47.4 Å². The van der Waals surface area contributed by atoms with Gasteiger partial charge in [-0.3, -0.25) is 9.59 Å². The molecule has 170 valence electrons. The average Bonchev–Trinajstić information content (AvgIpc) is 3.44. The Morgan fingerprint density at radius 1 is 1.16 bits per heavy atom. The molecule has 0 aromatic heterocycles. The third-order valence-corrected chi connectivity index (χ3v) is 8.59. The van der Waals surface area contributed by atoms with Gasteiger partial charge in [-0.25, -0.2) is 8.42 Å². The number of hydrogen-bond donors (Lipinski definition) is 1. The SMILES string of the molecule is COc1ccc(Cl)cc1N1CC(C(=O)Nc2cccc(S(=O)(=O)C3CCCC3)c2)CC1=O. The van der Waals surface area contributed by atoms with Gasteiger partial charge in [0.2, 0.25) is 11.8 Å². The molecule has 2 aliphatic rings. The van der Waals surface area contributed by atoms with E-state index in [0.29, 0.717) is 35.0 Å². The number of sulfone groups is 1. The van der Waals surface area contributed by atoms with Gasteiger partial charge in [0.15, 0.2) is 9.84 Å². The second kappa shape index (κ2) is 9.11. The van der Waals surface area contributed by atoms with Crippen molar-refractivity contribution in [2.75, 3.05) is 23.9 Å². The fraction of sp³-hybridized carbons (Fsp3) is 0.391. The van der Waals surface area contributed by atoms with Gasteiger partial charge in [-0.2, -0.15) is 0 Å². The Labute approximate surface area is 192 Å². The Hall–Kier alpha value is -2.58. The van der Waals surface area contributed by atoms with Crippen LogP contribution in [0, 0.1) is 5.92 Å². The number of nitrogens with zero attached hydrogens (tertiary/aromatic N) is 1. The van der Waals surface area contributed by atoms with E-state index in [1.165, 1.54) is 18.1 Å². The van der Waals surface area contributed by atoms with E-state index in [0.717, 1.165) is 12.8 Å². The molecule has 0 radical (unpaired) electrons. The second-order valence-corrected chi connectivity index (χ2v) is 10.9. The minimum Gasteiger partial charge on any atom is -0.495 e. The first kappa shape index (κ1) is 22.6. The zero-order valence-corrected chi connectivity index (χ0v) is 19.3. The number of ether oxygens (including phenoxy) is 1. The fourth-order valence-corrected chi connectivity index (χ4v) is 6.44. The normalized spacial score (nSPS) is 19.4. The number of methoxy groups -OCH3 is 1. The maximum absolute atomic E-state index is 12.9. The standard InChI is InChI=1S/C23H25ClN2O5S/c1-31-21-10-9-16(24)12-20(21)26-14-15(11-22(26)27)23(28)25-17-5-4-8-19(13-17)32(29,30)18-6-2-3-7-18/h4-5,8-10,12-13,15,18H,2-3,6-7,11,14H2,1H3,(H,25,28). The monoisotopic (exact) mass is 476 g/mol. The lowest BCUT2D eigenvalue weighted by Gasteiger charge is -2.20. The minimum atomic E-state index is -3.42. The van der Waals surface area contributed by atoms with Crippen LogP contribution in [0.1, 0.15) is 32.1 Å². The van der Waals surface area contributed by atoms with Gasteiger partial charge < -0.3 is 15.0 Å².